The zero-order valence-corrected chi connectivity index (χ0v) is 17.3. The number of benzene rings is 1. The van der Waals surface area contributed by atoms with Crippen LogP contribution in [0.4, 0.5) is 10.5 Å². The molecule has 2 N–H and O–H groups in total. The second kappa shape index (κ2) is 10.3. The Balaban J connectivity index is 1.59. The van der Waals surface area contributed by atoms with E-state index in [4.69, 9.17) is 9.15 Å². The van der Waals surface area contributed by atoms with Crippen molar-refractivity contribution in [3.8, 4) is 0 Å². The molecule has 1 aliphatic rings. The van der Waals surface area contributed by atoms with Gasteiger partial charge in [-0.1, -0.05) is 12.1 Å². The molecule has 1 aromatic carbocycles. The summed E-state index contributed by atoms with van der Waals surface area (Å²) in [6.07, 6.45) is 2.03. The number of nitrogens with zero attached hydrogens (tertiary/aromatic N) is 3. The lowest BCUT2D eigenvalue weighted by molar-refractivity contribution is -0.127. The van der Waals surface area contributed by atoms with E-state index in [2.05, 4.69) is 15.6 Å². The second-order valence-electron chi connectivity index (χ2n) is 7.00. The molecule has 2 aromatic rings. The number of cyclic esters (lactones) is 1. The van der Waals surface area contributed by atoms with Crippen LogP contribution in [-0.2, 0) is 22.5 Å². The number of hydrogen-bond acceptors (Lipinski definition) is 5. The first-order valence-electron chi connectivity index (χ1n) is 9.81. The number of guanidine groups is 1. The van der Waals surface area contributed by atoms with Gasteiger partial charge in [0.15, 0.2) is 5.96 Å². The largest absolute Gasteiger partial charge is 0.469 e. The summed E-state index contributed by atoms with van der Waals surface area (Å²) in [5.74, 6) is 1.38. The Bertz CT molecular complexity index is 862. The minimum atomic E-state index is -0.321. The summed E-state index contributed by atoms with van der Waals surface area (Å²) < 4.78 is 10.3. The van der Waals surface area contributed by atoms with Gasteiger partial charge in [0.05, 0.1) is 25.9 Å². The summed E-state index contributed by atoms with van der Waals surface area (Å²) >= 11 is 0. The fourth-order valence-corrected chi connectivity index (χ4v) is 2.83. The van der Waals surface area contributed by atoms with E-state index >= 15 is 0 Å². The maximum Gasteiger partial charge on any atom is 0.414 e. The Hall–Kier alpha value is -3.49. The fourth-order valence-electron chi connectivity index (χ4n) is 2.83. The van der Waals surface area contributed by atoms with Gasteiger partial charge in [0.1, 0.15) is 12.4 Å². The Morgan fingerprint density at radius 2 is 2.00 bits per heavy atom. The Morgan fingerprint density at radius 3 is 2.63 bits per heavy atom. The molecule has 2 heterocycles. The Labute approximate surface area is 175 Å². The molecule has 0 atom stereocenters. The van der Waals surface area contributed by atoms with Crippen LogP contribution in [0.25, 0.3) is 0 Å². The number of nitrogens with one attached hydrogen (secondary N) is 2. The molecule has 0 spiro atoms. The molecule has 0 unspecified atom stereocenters. The minimum Gasteiger partial charge on any atom is -0.469 e. The van der Waals surface area contributed by atoms with E-state index in [0.717, 1.165) is 17.0 Å². The SMILES string of the molecule is CN(C)C(=O)CNC(=NCc1ccc(N2CCOC2=O)cc1)NCCc1ccco1. The molecule has 0 radical (unpaired) electrons. The van der Waals surface area contributed by atoms with Crippen LogP contribution in [0.1, 0.15) is 11.3 Å². The number of carbonyl (C=O) groups is 2. The number of anilines is 1. The number of rotatable bonds is 8. The molecule has 9 nitrogen and oxygen atoms in total. The summed E-state index contributed by atoms with van der Waals surface area (Å²) in [4.78, 5) is 31.3. The van der Waals surface area contributed by atoms with E-state index < -0.39 is 0 Å². The standard InChI is InChI=1S/C21H27N5O4/c1-25(2)19(27)15-24-20(22-10-9-18-4-3-12-29-18)23-14-16-5-7-17(8-6-16)26-11-13-30-21(26)28/h3-8,12H,9-11,13-15H2,1-2H3,(H2,22,23,24). The smallest absolute Gasteiger partial charge is 0.414 e. The zero-order valence-electron chi connectivity index (χ0n) is 17.3. The van der Waals surface area contributed by atoms with Crippen LogP contribution in [-0.4, -0.2) is 63.2 Å². The third-order valence-corrected chi connectivity index (χ3v) is 4.58. The first kappa shape index (κ1) is 21.2. The summed E-state index contributed by atoms with van der Waals surface area (Å²) in [5, 5.41) is 6.28. The lowest BCUT2D eigenvalue weighted by Gasteiger charge is -2.15. The van der Waals surface area contributed by atoms with Crippen molar-refractivity contribution in [1.29, 1.82) is 0 Å². The van der Waals surface area contributed by atoms with Gasteiger partial charge in [-0.05, 0) is 29.8 Å². The van der Waals surface area contributed by atoms with Crippen LogP contribution in [0.15, 0.2) is 52.1 Å². The monoisotopic (exact) mass is 413 g/mol. The number of hydrogen-bond donors (Lipinski definition) is 2. The van der Waals surface area contributed by atoms with Gasteiger partial charge in [-0.25, -0.2) is 9.79 Å². The number of likely N-dealkylation sites (N-methyl/N-ethyl adjacent to an activating group) is 1. The van der Waals surface area contributed by atoms with Crippen LogP contribution < -0.4 is 15.5 Å². The van der Waals surface area contributed by atoms with Crippen molar-refractivity contribution in [2.24, 2.45) is 4.99 Å². The molecular weight excluding hydrogens is 386 g/mol. The predicted octanol–water partition coefficient (Wildman–Crippen LogP) is 1.60. The summed E-state index contributed by atoms with van der Waals surface area (Å²) in [6, 6.07) is 11.4. The van der Waals surface area contributed by atoms with Gasteiger partial charge in [-0.15, -0.1) is 0 Å². The summed E-state index contributed by atoms with van der Waals surface area (Å²) in [7, 11) is 3.42. The van der Waals surface area contributed by atoms with Crippen molar-refractivity contribution < 1.29 is 18.7 Å². The maximum atomic E-state index is 11.9. The zero-order chi connectivity index (χ0) is 21.3. The van der Waals surface area contributed by atoms with Crippen molar-refractivity contribution >= 4 is 23.6 Å². The third kappa shape index (κ3) is 6.00. The van der Waals surface area contributed by atoms with Gasteiger partial charge in [0, 0.05) is 32.7 Å². The van der Waals surface area contributed by atoms with Gasteiger partial charge in [-0.2, -0.15) is 0 Å². The molecule has 1 aliphatic heterocycles. The van der Waals surface area contributed by atoms with E-state index in [0.29, 0.717) is 38.6 Å². The van der Waals surface area contributed by atoms with E-state index in [1.807, 2.05) is 36.4 Å². The Morgan fingerprint density at radius 1 is 1.20 bits per heavy atom. The summed E-state index contributed by atoms with van der Waals surface area (Å²) in [6.45, 7) is 2.16. The highest BCUT2D eigenvalue weighted by molar-refractivity contribution is 5.89. The van der Waals surface area contributed by atoms with Gasteiger partial charge in [-0.3, -0.25) is 9.69 Å². The number of ether oxygens (including phenoxy) is 1. The van der Waals surface area contributed by atoms with Crippen molar-refractivity contribution in [3.05, 3.63) is 54.0 Å². The van der Waals surface area contributed by atoms with E-state index in [1.165, 1.54) is 4.90 Å². The van der Waals surface area contributed by atoms with Gasteiger partial charge in [0.2, 0.25) is 5.91 Å². The maximum absolute atomic E-state index is 11.9. The molecule has 160 valence electrons. The molecule has 1 aromatic heterocycles. The molecule has 1 fully saturated rings. The molecule has 2 amide bonds. The Kier molecular flexibility index (Phi) is 7.31. The molecule has 30 heavy (non-hydrogen) atoms. The summed E-state index contributed by atoms with van der Waals surface area (Å²) in [5.41, 5.74) is 1.79. The molecule has 3 rings (SSSR count). The number of carbonyl (C=O) groups excluding carboxylic acids is 2. The van der Waals surface area contributed by atoms with Crippen LogP contribution in [0, 0.1) is 0 Å². The first-order valence-corrected chi connectivity index (χ1v) is 9.81. The number of aliphatic imine (C=N–C) groups is 1. The van der Waals surface area contributed by atoms with Crippen LogP contribution in [0.3, 0.4) is 0 Å². The lowest BCUT2D eigenvalue weighted by Crippen LogP contribution is -2.43. The molecule has 9 heteroatoms. The van der Waals surface area contributed by atoms with Crippen LogP contribution >= 0.6 is 0 Å². The van der Waals surface area contributed by atoms with Gasteiger partial charge < -0.3 is 24.7 Å². The topological polar surface area (TPSA) is 99.4 Å². The van der Waals surface area contributed by atoms with Crippen LogP contribution in [0.5, 0.6) is 0 Å². The van der Waals surface area contributed by atoms with Crippen molar-refractivity contribution in [2.75, 3.05) is 45.2 Å². The minimum absolute atomic E-state index is 0.0441. The van der Waals surface area contributed by atoms with Gasteiger partial charge >= 0.3 is 6.09 Å². The number of amides is 2. The fraction of sp³-hybridized carbons (Fsp3) is 0.381. The highest BCUT2D eigenvalue weighted by Gasteiger charge is 2.23. The van der Waals surface area contributed by atoms with Crippen molar-refractivity contribution in [2.45, 2.75) is 13.0 Å². The average molecular weight is 413 g/mol. The van der Waals surface area contributed by atoms with E-state index in [1.54, 1.807) is 25.3 Å². The predicted molar refractivity (Wildman–Crippen MR) is 113 cm³/mol. The van der Waals surface area contributed by atoms with E-state index in [-0.39, 0.29) is 18.5 Å². The van der Waals surface area contributed by atoms with E-state index in [9.17, 15) is 9.59 Å². The van der Waals surface area contributed by atoms with Gasteiger partial charge in [0.25, 0.3) is 0 Å². The molecular formula is C21H27N5O4. The molecule has 0 aliphatic carbocycles. The van der Waals surface area contributed by atoms with Crippen molar-refractivity contribution in [3.63, 3.8) is 0 Å². The third-order valence-electron chi connectivity index (χ3n) is 4.58. The second-order valence-corrected chi connectivity index (χ2v) is 7.00. The average Bonchev–Trinajstić information content (AvgIpc) is 3.41. The van der Waals surface area contributed by atoms with Crippen LogP contribution in [0.2, 0.25) is 0 Å². The van der Waals surface area contributed by atoms with Crippen molar-refractivity contribution in [1.82, 2.24) is 15.5 Å². The quantitative estimate of drug-likeness (QED) is 0.504. The molecule has 0 saturated carbocycles. The normalized spacial score (nSPS) is 13.9. The highest BCUT2D eigenvalue weighted by Crippen LogP contribution is 2.19. The molecule has 0 bridgehead atoms. The highest BCUT2D eigenvalue weighted by atomic mass is 16.6. The molecule has 1 saturated heterocycles. The first-order chi connectivity index (χ1) is 14.5. The lowest BCUT2D eigenvalue weighted by atomic mass is 10.2. The number of furan rings is 1.